The molecule has 0 saturated heterocycles. The second kappa shape index (κ2) is 6.95. The minimum Gasteiger partial charge on any atom is -0.482 e. The maximum atomic E-state index is 12.0. The Bertz CT molecular complexity index is 787. The molecule has 0 radical (unpaired) electrons. The van der Waals surface area contributed by atoms with Gasteiger partial charge in [0.05, 0.1) is 5.69 Å². The first kappa shape index (κ1) is 15.7. The Balaban J connectivity index is 1.56. The standard InChI is InChI=1S/C18H16N2O4/c21-15(12-4-2-1-3-5-12)7-9-17(22)19-13-6-8-16-14(10-13)20-18(23)11-24-16/h1-6,8,10H,7,9,11H2,(H,19,22)(H,20,23). The molecule has 2 aromatic rings. The minimum atomic E-state index is -0.262. The van der Waals surface area contributed by atoms with Crippen LogP contribution in [0.3, 0.4) is 0 Å². The van der Waals surface area contributed by atoms with Crippen LogP contribution in [0.5, 0.6) is 5.75 Å². The number of benzene rings is 2. The zero-order chi connectivity index (χ0) is 16.9. The third-order valence-electron chi connectivity index (χ3n) is 3.57. The predicted molar refractivity (Wildman–Crippen MR) is 89.2 cm³/mol. The quantitative estimate of drug-likeness (QED) is 0.828. The molecular formula is C18H16N2O4. The second-order valence-corrected chi connectivity index (χ2v) is 5.39. The van der Waals surface area contributed by atoms with Gasteiger partial charge in [-0.15, -0.1) is 0 Å². The van der Waals surface area contributed by atoms with Crippen LogP contribution in [0.1, 0.15) is 23.2 Å². The lowest BCUT2D eigenvalue weighted by Gasteiger charge is -2.18. The lowest BCUT2D eigenvalue weighted by molar-refractivity contribution is -0.118. The molecule has 0 unspecified atom stereocenters. The topological polar surface area (TPSA) is 84.5 Å². The van der Waals surface area contributed by atoms with Crippen molar-refractivity contribution >= 4 is 29.0 Å². The summed E-state index contributed by atoms with van der Waals surface area (Å²) in [5, 5.41) is 5.39. The first-order valence-electron chi connectivity index (χ1n) is 7.56. The SMILES string of the molecule is O=C(CCC(=O)c1ccccc1)Nc1ccc2c(c1)NC(=O)CO2. The molecule has 6 heteroatoms. The van der Waals surface area contributed by atoms with E-state index in [0.29, 0.717) is 22.7 Å². The van der Waals surface area contributed by atoms with Crippen LogP contribution in [0.25, 0.3) is 0 Å². The van der Waals surface area contributed by atoms with Crippen molar-refractivity contribution in [1.82, 2.24) is 0 Å². The summed E-state index contributed by atoms with van der Waals surface area (Å²) in [7, 11) is 0. The Hall–Kier alpha value is -3.15. The number of carbonyl (C=O) groups excluding carboxylic acids is 3. The summed E-state index contributed by atoms with van der Waals surface area (Å²) in [6.45, 7) is -0.0136. The molecule has 1 aliphatic heterocycles. The fourth-order valence-corrected chi connectivity index (χ4v) is 2.38. The number of fused-ring (bicyclic) bond motifs is 1. The van der Waals surface area contributed by atoms with Gasteiger partial charge in [-0.05, 0) is 18.2 Å². The fourth-order valence-electron chi connectivity index (χ4n) is 2.38. The molecule has 6 nitrogen and oxygen atoms in total. The molecule has 0 saturated carbocycles. The van der Waals surface area contributed by atoms with Gasteiger partial charge in [-0.25, -0.2) is 0 Å². The molecule has 2 aromatic carbocycles. The summed E-state index contributed by atoms with van der Waals surface area (Å²) in [5.41, 5.74) is 1.65. The average Bonchev–Trinajstić information content (AvgIpc) is 2.60. The van der Waals surface area contributed by atoms with E-state index in [2.05, 4.69) is 10.6 Å². The van der Waals surface area contributed by atoms with Crippen LogP contribution in [0.4, 0.5) is 11.4 Å². The summed E-state index contributed by atoms with van der Waals surface area (Å²) in [5.74, 6) is -0.00886. The Morgan fingerprint density at radius 2 is 1.88 bits per heavy atom. The number of anilines is 2. The van der Waals surface area contributed by atoms with Crippen LogP contribution in [0.2, 0.25) is 0 Å². The number of rotatable bonds is 5. The van der Waals surface area contributed by atoms with Crippen LogP contribution < -0.4 is 15.4 Å². The second-order valence-electron chi connectivity index (χ2n) is 5.39. The molecule has 0 atom stereocenters. The number of Topliss-reactive ketones (excluding diaryl/α,β-unsaturated/α-hetero) is 1. The van der Waals surface area contributed by atoms with Crippen molar-refractivity contribution in [3.63, 3.8) is 0 Å². The highest BCUT2D eigenvalue weighted by Crippen LogP contribution is 2.30. The van der Waals surface area contributed by atoms with Gasteiger partial charge in [0.25, 0.3) is 5.91 Å². The van der Waals surface area contributed by atoms with Gasteiger partial charge in [0, 0.05) is 24.1 Å². The fraction of sp³-hybridized carbons (Fsp3) is 0.167. The van der Waals surface area contributed by atoms with E-state index in [9.17, 15) is 14.4 Å². The van der Waals surface area contributed by atoms with Crippen molar-refractivity contribution in [2.24, 2.45) is 0 Å². The summed E-state index contributed by atoms with van der Waals surface area (Å²) in [6.07, 6.45) is 0.230. The first-order valence-corrected chi connectivity index (χ1v) is 7.56. The Morgan fingerprint density at radius 3 is 2.67 bits per heavy atom. The molecule has 24 heavy (non-hydrogen) atoms. The Labute approximate surface area is 138 Å². The normalized spacial score (nSPS) is 12.6. The summed E-state index contributed by atoms with van der Waals surface area (Å²) < 4.78 is 5.25. The molecule has 0 bridgehead atoms. The molecular weight excluding hydrogens is 308 g/mol. The van der Waals surface area contributed by atoms with Crippen molar-refractivity contribution < 1.29 is 19.1 Å². The summed E-state index contributed by atoms with van der Waals surface area (Å²) >= 11 is 0. The molecule has 1 heterocycles. The van der Waals surface area contributed by atoms with E-state index in [-0.39, 0.29) is 37.0 Å². The van der Waals surface area contributed by atoms with Crippen molar-refractivity contribution in [2.75, 3.05) is 17.2 Å². The van der Waals surface area contributed by atoms with E-state index >= 15 is 0 Å². The molecule has 2 amide bonds. The van der Waals surface area contributed by atoms with Gasteiger partial charge in [0.15, 0.2) is 12.4 Å². The minimum absolute atomic E-state index is 0.0136. The van der Waals surface area contributed by atoms with Gasteiger partial charge in [0.2, 0.25) is 5.91 Å². The van der Waals surface area contributed by atoms with Crippen molar-refractivity contribution in [1.29, 1.82) is 0 Å². The molecule has 3 rings (SSSR count). The predicted octanol–water partition coefficient (Wildman–Crippen LogP) is 2.62. The Morgan fingerprint density at radius 1 is 1.08 bits per heavy atom. The van der Waals surface area contributed by atoms with Crippen LogP contribution in [-0.4, -0.2) is 24.2 Å². The monoisotopic (exact) mass is 324 g/mol. The van der Waals surface area contributed by atoms with Crippen LogP contribution in [0.15, 0.2) is 48.5 Å². The van der Waals surface area contributed by atoms with Crippen LogP contribution in [0, 0.1) is 0 Å². The number of amides is 2. The third-order valence-corrected chi connectivity index (χ3v) is 3.57. The maximum absolute atomic E-state index is 12.0. The number of ketones is 1. The van der Waals surface area contributed by atoms with Crippen molar-refractivity contribution in [3.8, 4) is 5.75 Å². The van der Waals surface area contributed by atoms with Gasteiger partial charge in [-0.1, -0.05) is 30.3 Å². The zero-order valence-electron chi connectivity index (χ0n) is 12.9. The van der Waals surface area contributed by atoms with E-state index in [1.165, 1.54) is 0 Å². The molecule has 1 aliphatic rings. The van der Waals surface area contributed by atoms with Gasteiger partial charge in [0.1, 0.15) is 5.75 Å². The van der Waals surface area contributed by atoms with Crippen LogP contribution in [-0.2, 0) is 9.59 Å². The smallest absolute Gasteiger partial charge is 0.262 e. The first-order chi connectivity index (χ1) is 11.6. The third kappa shape index (κ3) is 3.78. The van der Waals surface area contributed by atoms with E-state index in [1.807, 2.05) is 6.07 Å². The van der Waals surface area contributed by atoms with Crippen molar-refractivity contribution in [2.45, 2.75) is 12.8 Å². The highest BCUT2D eigenvalue weighted by Gasteiger charge is 2.16. The van der Waals surface area contributed by atoms with Gasteiger partial charge in [-0.3, -0.25) is 14.4 Å². The molecule has 0 aliphatic carbocycles. The van der Waals surface area contributed by atoms with Crippen molar-refractivity contribution in [3.05, 3.63) is 54.1 Å². The zero-order valence-corrected chi connectivity index (χ0v) is 12.9. The van der Waals surface area contributed by atoms with E-state index < -0.39 is 0 Å². The number of carbonyl (C=O) groups is 3. The molecule has 2 N–H and O–H groups in total. The molecule has 0 fully saturated rings. The summed E-state index contributed by atoms with van der Waals surface area (Å²) in [4.78, 5) is 35.3. The van der Waals surface area contributed by atoms with Gasteiger partial charge in [-0.2, -0.15) is 0 Å². The highest BCUT2D eigenvalue weighted by atomic mass is 16.5. The lowest BCUT2D eigenvalue weighted by atomic mass is 10.1. The number of nitrogens with one attached hydrogen (secondary N) is 2. The number of hydrogen-bond donors (Lipinski definition) is 2. The largest absolute Gasteiger partial charge is 0.482 e. The lowest BCUT2D eigenvalue weighted by Crippen LogP contribution is -2.25. The van der Waals surface area contributed by atoms with E-state index in [1.54, 1.807) is 42.5 Å². The van der Waals surface area contributed by atoms with Gasteiger partial charge < -0.3 is 15.4 Å². The number of hydrogen-bond acceptors (Lipinski definition) is 4. The van der Waals surface area contributed by atoms with Gasteiger partial charge >= 0.3 is 0 Å². The molecule has 0 aromatic heterocycles. The van der Waals surface area contributed by atoms with E-state index in [0.717, 1.165) is 0 Å². The maximum Gasteiger partial charge on any atom is 0.262 e. The Kier molecular flexibility index (Phi) is 4.56. The summed E-state index contributed by atoms with van der Waals surface area (Å²) in [6, 6.07) is 13.9. The average molecular weight is 324 g/mol. The molecule has 0 spiro atoms. The highest BCUT2D eigenvalue weighted by molar-refractivity contribution is 6.01. The van der Waals surface area contributed by atoms with Crippen LogP contribution >= 0.6 is 0 Å². The number of ether oxygens (including phenoxy) is 1. The van der Waals surface area contributed by atoms with E-state index in [4.69, 9.17) is 4.74 Å². The molecule has 122 valence electrons.